The second-order valence-electron chi connectivity index (χ2n) is 10.7. The molecule has 0 aliphatic heterocycles. The lowest BCUT2D eigenvalue weighted by atomic mass is 10.0. The topological polar surface area (TPSA) is 63.8 Å². The van der Waals surface area contributed by atoms with Crippen LogP contribution in [-0.2, 0) is 0 Å². The average Bonchev–Trinajstić information content (AvgIpc) is 3.71. The second-order valence-corrected chi connectivity index (χ2v) is 10.7. The predicted octanol–water partition coefficient (Wildman–Crippen LogP) is 8.46. The molecule has 200 valence electrons. The van der Waals surface area contributed by atoms with E-state index in [-0.39, 0.29) is 0 Å². The molecule has 4 aromatic heterocycles. The van der Waals surface area contributed by atoms with Crippen LogP contribution in [0.2, 0.25) is 0 Å². The Labute approximate surface area is 245 Å². The Bertz CT molecular complexity index is 2540. The molecule has 0 atom stereocenters. The highest BCUT2D eigenvalue weighted by molar-refractivity contribution is 6.07. The van der Waals surface area contributed by atoms with E-state index in [2.05, 4.69) is 111 Å². The Balaban J connectivity index is 1.28. The first-order valence-corrected chi connectivity index (χ1v) is 14.2. The molecule has 9 aromatic rings. The maximum Gasteiger partial charge on any atom is 0.220 e. The van der Waals surface area contributed by atoms with Crippen molar-refractivity contribution in [3.05, 3.63) is 139 Å². The van der Waals surface area contributed by atoms with Gasteiger partial charge in [-0.1, -0.05) is 54.6 Å². The van der Waals surface area contributed by atoms with Crippen molar-refractivity contribution in [1.29, 1.82) is 5.26 Å². The van der Waals surface area contributed by atoms with Gasteiger partial charge in [-0.05, 0) is 83.9 Å². The maximum absolute atomic E-state index is 10.1. The SMILES string of the molecule is N#Cc1cc(-c2cccc(-n3c4ccccc4n4c5ccccc5nc34)c2)cc(-n2c3ccccc3c3cccnc32)c1. The van der Waals surface area contributed by atoms with Gasteiger partial charge in [-0.2, -0.15) is 5.26 Å². The van der Waals surface area contributed by atoms with Crippen LogP contribution in [0, 0.1) is 11.3 Å². The van der Waals surface area contributed by atoms with Gasteiger partial charge in [0.2, 0.25) is 5.78 Å². The lowest BCUT2D eigenvalue weighted by Gasteiger charge is -2.12. The highest BCUT2D eigenvalue weighted by atomic mass is 15.2. The fourth-order valence-electron chi connectivity index (χ4n) is 6.46. The Morgan fingerprint density at radius 1 is 0.558 bits per heavy atom. The third-order valence-corrected chi connectivity index (χ3v) is 8.28. The lowest BCUT2D eigenvalue weighted by Crippen LogP contribution is -1.98. The molecule has 0 saturated heterocycles. The summed E-state index contributed by atoms with van der Waals surface area (Å²) in [6.07, 6.45) is 1.82. The van der Waals surface area contributed by atoms with Crippen molar-refractivity contribution in [3.8, 4) is 28.6 Å². The van der Waals surface area contributed by atoms with Crippen LogP contribution in [0.3, 0.4) is 0 Å². The number of para-hydroxylation sites is 5. The van der Waals surface area contributed by atoms with Crippen molar-refractivity contribution in [2.24, 2.45) is 0 Å². The summed E-state index contributed by atoms with van der Waals surface area (Å²) in [5, 5.41) is 12.3. The van der Waals surface area contributed by atoms with E-state index in [1.807, 2.05) is 42.6 Å². The first kappa shape index (κ1) is 23.5. The summed E-state index contributed by atoms with van der Waals surface area (Å²) in [5.74, 6) is 0.863. The molecule has 4 heterocycles. The van der Waals surface area contributed by atoms with Crippen LogP contribution < -0.4 is 0 Å². The number of benzene rings is 5. The van der Waals surface area contributed by atoms with E-state index < -0.39 is 0 Å². The molecular formula is C37H22N6. The summed E-state index contributed by atoms with van der Waals surface area (Å²) in [5.41, 5.74) is 10.6. The predicted molar refractivity (Wildman–Crippen MR) is 172 cm³/mol. The van der Waals surface area contributed by atoms with Gasteiger partial charge in [-0.15, -0.1) is 0 Å². The van der Waals surface area contributed by atoms with Crippen molar-refractivity contribution in [3.63, 3.8) is 0 Å². The van der Waals surface area contributed by atoms with Crippen LogP contribution in [0.15, 0.2) is 134 Å². The molecule has 0 unspecified atom stereocenters. The van der Waals surface area contributed by atoms with Crippen LogP contribution in [-0.4, -0.2) is 23.5 Å². The molecule has 5 aromatic carbocycles. The van der Waals surface area contributed by atoms with E-state index in [9.17, 15) is 5.26 Å². The van der Waals surface area contributed by atoms with Gasteiger partial charge in [0.15, 0.2) is 0 Å². The quantitative estimate of drug-likeness (QED) is 0.222. The number of hydrogen-bond donors (Lipinski definition) is 0. The molecule has 0 bridgehead atoms. The van der Waals surface area contributed by atoms with Crippen LogP contribution in [0.5, 0.6) is 0 Å². The highest BCUT2D eigenvalue weighted by Gasteiger charge is 2.18. The van der Waals surface area contributed by atoms with Crippen LogP contribution in [0.25, 0.3) is 72.3 Å². The van der Waals surface area contributed by atoms with Gasteiger partial charge in [0.25, 0.3) is 0 Å². The normalized spacial score (nSPS) is 11.7. The number of hydrogen-bond acceptors (Lipinski definition) is 3. The third kappa shape index (κ3) is 3.39. The van der Waals surface area contributed by atoms with Crippen molar-refractivity contribution in [1.82, 2.24) is 23.5 Å². The van der Waals surface area contributed by atoms with Crippen molar-refractivity contribution in [2.45, 2.75) is 0 Å². The zero-order valence-electron chi connectivity index (χ0n) is 22.9. The summed E-state index contributed by atoms with van der Waals surface area (Å²) >= 11 is 0. The molecule has 0 aliphatic carbocycles. The molecule has 9 rings (SSSR count). The average molecular weight is 551 g/mol. The summed E-state index contributed by atoms with van der Waals surface area (Å²) in [4.78, 5) is 9.78. The van der Waals surface area contributed by atoms with Crippen molar-refractivity contribution in [2.75, 3.05) is 0 Å². The van der Waals surface area contributed by atoms with Crippen molar-refractivity contribution < 1.29 is 0 Å². The first-order chi connectivity index (χ1) is 21.3. The van der Waals surface area contributed by atoms with E-state index in [1.54, 1.807) is 0 Å². The monoisotopic (exact) mass is 550 g/mol. The minimum atomic E-state index is 0.591. The number of rotatable bonds is 3. The minimum absolute atomic E-state index is 0.591. The smallest absolute Gasteiger partial charge is 0.220 e. The highest BCUT2D eigenvalue weighted by Crippen LogP contribution is 2.34. The van der Waals surface area contributed by atoms with Gasteiger partial charge in [-0.3, -0.25) is 13.5 Å². The summed E-state index contributed by atoms with van der Waals surface area (Å²) in [7, 11) is 0. The zero-order chi connectivity index (χ0) is 28.5. The molecule has 0 radical (unpaired) electrons. The molecule has 6 nitrogen and oxygen atoms in total. The summed E-state index contributed by atoms with van der Waals surface area (Å²) < 4.78 is 6.59. The van der Waals surface area contributed by atoms with Crippen LogP contribution >= 0.6 is 0 Å². The molecule has 0 saturated carbocycles. The van der Waals surface area contributed by atoms with E-state index in [0.717, 1.165) is 72.3 Å². The van der Waals surface area contributed by atoms with E-state index in [1.165, 1.54) is 0 Å². The van der Waals surface area contributed by atoms with Crippen LogP contribution in [0.1, 0.15) is 5.56 Å². The molecule has 43 heavy (non-hydrogen) atoms. The Kier molecular flexibility index (Phi) is 4.87. The molecular weight excluding hydrogens is 528 g/mol. The number of imidazole rings is 2. The third-order valence-electron chi connectivity index (χ3n) is 8.28. The van der Waals surface area contributed by atoms with Gasteiger partial charge in [-0.25, -0.2) is 9.97 Å². The van der Waals surface area contributed by atoms with Gasteiger partial charge in [0, 0.05) is 28.3 Å². The maximum atomic E-state index is 10.1. The molecule has 6 heteroatoms. The molecule has 0 spiro atoms. The number of fused-ring (bicyclic) bond motifs is 8. The van der Waals surface area contributed by atoms with Crippen LogP contribution in [0.4, 0.5) is 0 Å². The van der Waals surface area contributed by atoms with Gasteiger partial charge in [0.05, 0.1) is 39.2 Å². The second kappa shape index (κ2) is 8.90. The van der Waals surface area contributed by atoms with Gasteiger partial charge < -0.3 is 0 Å². The zero-order valence-corrected chi connectivity index (χ0v) is 22.9. The fraction of sp³-hybridized carbons (Fsp3) is 0. The number of aromatic nitrogens is 5. The number of pyridine rings is 1. The Hall–Kier alpha value is -6.19. The first-order valence-electron chi connectivity index (χ1n) is 14.2. The minimum Gasteiger partial charge on any atom is -0.294 e. The van der Waals surface area contributed by atoms with Gasteiger partial charge in [0.1, 0.15) is 5.65 Å². The van der Waals surface area contributed by atoms with E-state index >= 15 is 0 Å². The lowest BCUT2D eigenvalue weighted by molar-refractivity contribution is 1.11. The summed E-state index contributed by atoms with van der Waals surface area (Å²) in [6, 6.07) is 45.9. The number of nitrogens with zero attached hydrogens (tertiary/aromatic N) is 6. The fourth-order valence-corrected chi connectivity index (χ4v) is 6.46. The Morgan fingerprint density at radius 3 is 2.19 bits per heavy atom. The molecule has 0 amide bonds. The number of nitriles is 1. The molecule has 0 N–H and O–H groups in total. The van der Waals surface area contributed by atoms with E-state index in [4.69, 9.17) is 9.97 Å². The van der Waals surface area contributed by atoms with E-state index in [0.29, 0.717) is 5.56 Å². The Morgan fingerprint density at radius 2 is 1.30 bits per heavy atom. The molecule has 0 fully saturated rings. The largest absolute Gasteiger partial charge is 0.294 e. The van der Waals surface area contributed by atoms with Gasteiger partial charge >= 0.3 is 0 Å². The van der Waals surface area contributed by atoms with Crippen molar-refractivity contribution >= 4 is 49.8 Å². The standard InChI is InChI=1S/C37H22N6/c38-23-24-19-26(22-28(20-24)41-32-14-3-1-11-29(32)30-12-8-18-39-36(30)41)25-9-7-10-27(21-25)42-34-16-5-6-17-35(34)43-33-15-4-2-13-31(33)40-37(42)43/h1-22H. The molecule has 0 aliphatic rings. The summed E-state index contributed by atoms with van der Waals surface area (Å²) in [6.45, 7) is 0.